The predicted molar refractivity (Wildman–Crippen MR) is 66.3 cm³/mol. The Kier molecular flexibility index (Phi) is 2.02. The second kappa shape index (κ2) is 3.25. The summed E-state index contributed by atoms with van der Waals surface area (Å²) < 4.78 is 0. The smallest absolute Gasteiger partial charge is 0.0149 e. The quantitative estimate of drug-likeness (QED) is 0.654. The van der Waals surface area contributed by atoms with E-state index < -0.39 is 0 Å². The summed E-state index contributed by atoms with van der Waals surface area (Å²) in [6.45, 7) is 1.37. The topological polar surface area (TPSA) is 3.24 Å². The van der Waals surface area contributed by atoms with E-state index in [2.05, 4.69) is 11.9 Å². The summed E-state index contributed by atoms with van der Waals surface area (Å²) in [5, 5.41) is 0. The molecule has 5 rings (SSSR count). The maximum absolute atomic E-state index is 2.70. The lowest BCUT2D eigenvalue weighted by Crippen LogP contribution is -2.54. The van der Waals surface area contributed by atoms with E-state index in [4.69, 9.17) is 0 Å². The summed E-state index contributed by atoms with van der Waals surface area (Å²) in [5.41, 5.74) is 0.778. The van der Waals surface area contributed by atoms with Crippen molar-refractivity contribution in [3.05, 3.63) is 0 Å². The van der Waals surface area contributed by atoms with Gasteiger partial charge in [0.15, 0.2) is 0 Å². The third-order valence-corrected chi connectivity index (χ3v) is 6.31. The minimum Gasteiger partial charge on any atom is -0.303 e. The van der Waals surface area contributed by atoms with Crippen molar-refractivity contribution in [3.8, 4) is 0 Å². The molecule has 0 unspecified atom stereocenters. The normalized spacial score (nSPS) is 56.1. The summed E-state index contributed by atoms with van der Waals surface area (Å²) in [4.78, 5) is 2.70. The summed E-state index contributed by atoms with van der Waals surface area (Å²) in [6, 6.07) is 0.959. The van der Waals surface area contributed by atoms with Gasteiger partial charge in [0.2, 0.25) is 0 Å². The Morgan fingerprint density at radius 1 is 0.938 bits per heavy atom. The first-order valence-electron chi connectivity index (χ1n) is 7.45. The summed E-state index contributed by atoms with van der Waals surface area (Å²) in [5.74, 6) is 3.38. The molecule has 4 saturated carbocycles. The Balaban J connectivity index is 1.66. The SMILES string of the molecule is CN1CCC[C@@H]1C12CC3CC(CC(C3)C1)C2. The van der Waals surface area contributed by atoms with Gasteiger partial charge in [-0.1, -0.05) is 0 Å². The van der Waals surface area contributed by atoms with Crippen molar-refractivity contribution in [1.29, 1.82) is 0 Å². The van der Waals surface area contributed by atoms with Crippen molar-refractivity contribution in [2.45, 2.75) is 57.4 Å². The van der Waals surface area contributed by atoms with Gasteiger partial charge in [-0.3, -0.25) is 0 Å². The highest BCUT2D eigenvalue weighted by Gasteiger charge is 2.55. The van der Waals surface area contributed by atoms with E-state index in [-0.39, 0.29) is 0 Å². The molecule has 1 saturated heterocycles. The molecule has 1 atom stereocenters. The highest BCUT2D eigenvalue weighted by atomic mass is 15.2. The van der Waals surface area contributed by atoms with E-state index in [1.54, 1.807) is 38.5 Å². The molecule has 5 fully saturated rings. The molecule has 4 aliphatic carbocycles. The fourth-order valence-corrected chi connectivity index (χ4v) is 6.27. The number of likely N-dealkylation sites (tertiary alicyclic amines) is 1. The van der Waals surface area contributed by atoms with Crippen LogP contribution in [0.2, 0.25) is 0 Å². The molecule has 1 heterocycles. The van der Waals surface area contributed by atoms with Crippen molar-refractivity contribution in [1.82, 2.24) is 4.90 Å². The van der Waals surface area contributed by atoms with Gasteiger partial charge in [0.1, 0.15) is 0 Å². The molecule has 0 spiro atoms. The van der Waals surface area contributed by atoms with E-state index >= 15 is 0 Å². The van der Waals surface area contributed by atoms with Crippen LogP contribution in [-0.2, 0) is 0 Å². The standard InChI is InChI=1S/C15H25N/c1-16-4-2-3-14(16)15-8-11-5-12(9-15)7-13(6-11)10-15/h11-14H,2-10H2,1H3/t11?,12?,13?,14-,15?/m1/s1. The molecule has 5 aliphatic rings. The molecule has 0 aromatic rings. The van der Waals surface area contributed by atoms with Crippen molar-refractivity contribution < 1.29 is 0 Å². The van der Waals surface area contributed by atoms with Crippen molar-refractivity contribution >= 4 is 0 Å². The summed E-state index contributed by atoms with van der Waals surface area (Å²) in [6.07, 6.45) is 12.5. The first-order chi connectivity index (χ1) is 7.75. The molecular weight excluding hydrogens is 194 g/mol. The Hall–Kier alpha value is -0.0400. The molecule has 0 N–H and O–H groups in total. The van der Waals surface area contributed by atoms with Gasteiger partial charge in [-0.05, 0) is 88.1 Å². The summed E-state index contributed by atoms with van der Waals surface area (Å²) in [7, 11) is 2.39. The number of rotatable bonds is 1. The molecule has 1 aliphatic heterocycles. The van der Waals surface area contributed by atoms with Gasteiger partial charge in [-0.15, -0.1) is 0 Å². The molecule has 0 amide bonds. The predicted octanol–water partition coefficient (Wildman–Crippen LogP) is 3.30. The van der Waals surface area contributed by atoms with E-state index in [1.165, 1.54) is 19.4 Å². The van der Waals surface area contributed by atoms with E-state index in [0.717, 1.165) is 29.2 Å². The highest BCUT2D eigenvalue weighted by Crippen LogP contribution is 2.62. The van der Waals surface area contributed by atoms with Gasteiger partial charge in [0.05, 0.1) is 0 Å². The third-order valence-electron chi connectivity index (χ3n) is 6.31. The second-order valence-corrected chi connectivity index (χ2v) is 7.42. The highest BCUT2D eigenvalue weighted by molar-refractivity contribution is 5.07. The summed E-state index contributed by atoms with van der Waals surface area (Å²) >= 11 is 0. The van der Waals surface area contributed by atoms with Crippen LogP contribution < -0.4 is 0 Å². The van der Waals surface area contributed by atoms with E-state index in [9.17, 15) is 0 Å². The lowest BCUT2D eigenvalue weighted by Gasteiger charge is -2.60. The van der Waals surface area contributed by atoms with Crippen LogP contribution in [0.25, 0.3) is 0 Å². The van der Waals surface area contributed by atoms with Crippen LogP contribution in [0.3, 0.4) is 0 Å². The number of hydrogen-bond donors (Lipinski definition) is 0. The lowest BCUT2D eigenvalue weighted by atomic mass is 9.47. The van der Waals surface area contributed by atoms with Crippen LogP contribution in [0, 0.1) is 23.2 Å². The van der Waals surface area contributed by atoms with Gasteiger partial charge < -0.3 is 4.90 Å². The van der Waals surface area contributed by atoms with E-state index in [0.29, 0.717) is 0 Å². The van der Waals surface area contributed by atoms with Gasteiger partial charge in [0.25, 0.3) is 0 Å². The van der Waals surface area contributed by atoms with Crippen LogP contribution in [0.4, 0.5) is 0 Å². The van der Waals surface area contributed by atoms with Crippen LogP contribution in [-0.4, -0.2) is 24.5 Å². The van der Waals surface area contributed by atoms with Gasteiger partial charge in [-0.25, -0.2) is 0 Å². The maximum Gasteiger partial charge on any atom is 0.0149 e. The Bertz CT molecular complexity index is 261. The largest absolute Gasteiger partial charge is 0.303 e. The monoisotopic (exact) mass is 219 g/mol. The Labute approximate surface area is 99.6 Å². The first kappa shape index (κ1) is 9.94. The Morgan fingerprint density at radius 2 is 1.50 bits per heavy atom. The Morgan fingerprint density at radius 3 is 1.94 bits per heavy atom. The zero-order chi connectivity index (χ0) is 10.8. The number of nitrogens with zero attached hydrogens (tertiary/aromatic N) is 1. The molecule has 1 heteroatoms. The van der Waals surface area contributed by atoms with Crippen molar-refractivity contribution in [2.75, 3.05) is 13.6 Å². The second-order valence-electron chi connectivity index (χ2n) is 7.42. The van der Waals surface area contributed by atoms with Crippen LogP contribution >= 0.6 is 0 Å². The molecule has 4 bridgehead atoms. The van der Waals surface area contributed by atoms with Gasteiger partial charge in [-0.2, -0.15) is 0 Å². The maximum atomic E-state index is 2.70. The van der Waals surface area contributed by atoms with Crippen molar-refractivity contribution in [2.24, 2.45) is 23.2 Å². The van der Waals surface area contributed by atoms with Gasteiger partial charge in [0, 0.05) is 6.04 Å². The van der Waals surface area contributed by atoms with Crippen LogP contribution in [0.15, 0.2) is 0 Å². The molecule has 0 radical (unpaired) electrons. The van der Waals surface area contributed by atoms with Crippen molar-refractivity contribution in [3.63, 3.8) is 0 Å². The first-order valence-corrected chi connectivity index (χ1v) is 7.45. The fourth-order valence-electron chi connectivity index (χ4n) is 6.27. The number of hydrogen-bond acceptors (Lipinski definition) is 1. The average Bonchev–Trinajstić information content (AvgIpc) is 2.62. The molecule has 16 heavy (non-hydrogen) atoms. The molecule has 0 aromatic heterocycles. The molecule has 1 nitrogen and oxygen atoms in total. The van der Waals surface area contributed by atoms with Crippen LogP contribution in [0.1, 0.15) is 51.4 Å². The zero-order valence-electron chi connectivity index (χ0n) is 10.6. The van der Waals surface area contributed by atoms with Gasteiger partial charge >= 0.3 is 0 Å². The fraction of sp³-hybridized carbons (Fsp3) is 1.00. The minimum absolute atomic E-state index is 0.778. The average molecular weight is 219 g/mol. The minimum atomic E-state index is 0.778. The van der Waals surface area contributed by atoms with Crippen LogP contribution in [0.5, 0.6) is 0 Å². The molecule has 0 aromatic carbocycles. The molecular formula is C15H25N. The van der Waals surface area contributed by atoms with E-state index in [1.807, 2.05) is 0 Å². The third kappa shape index (κ3) is 1.27. The molecule has 90 valence electrons. The lowest BCUT2D eigenvalue weighted by molar-refractivity contribution is -0.0891. The zero-order valence-corrected chi connectivity index (χ0v) is 10.6.